The fourth-order valence-corrected chi connectivity index (χ4v) is 1.79. The Bertz CT molecular complexity index is 472. The number of aryl methyl sites for hydroxylation is 1. The van der Waals surface area contributed by atoms with Gasteiger partial charge in [-0.2, -0.15) is 0 Å². The second kappa shape index (κ2) is 7.49. The molecule has 110 valence electrons. The summed E-state index contributed by atoms with van der Waals surface area (Å²) >= 11 is 0. The highest BCUT2D eigenvalue weighted by atomic mass is 16.5. The van der Waals surface area contributed by atoms with E-state index in [1.165, 1.54) is 6.92 Å². The zero-order chi connectivity index (χ0) is 15.1. The maximum absolute atomic E-state index is 11.7. The zero-order valence-corrected chi connectivity index (χ0v) is 11.5. The molecule has 0 aliphatic carbocycles. The lowest BCUT2D eigenvalue weighted by Crippen LogP contribution is -2.47. The van der Waals surface area contributed by atoms with Crippen LogP contribution >= 0.6 is 0 Å². The number of methoxy groups -OCH3 is 1. The van der Waals surface area contributed by atoms with E-state index in [0.29, 0.717) is 12.2 Å². The normalized spacial score (nSPS) is 13.3. The molecule has 1 amide bonds. The largest absolute Gasteiger partial charge is 0.496 e. The number of benzene rings is 1. The van der Waals surface area contributed by atoms with Gasteiger partial charge in [-0.15, -0.1) is 0 Å². The molecule has 1 aromatic carbocycles. The monoisotopic (exact) mass is 281 g/mol. The molecule has 0 radical (unpaired) electrons. The number of carboxylic acid groups (broad SMARTS) is 1. The van der Waals surface area contributed by atoms with Crippen molar-refractivity contribution in [2.75, 3.05) is 7.11 Å². The van der Waals surface area contributed by atoms with Crippen molar-refractivity contribution in [3.05, 3.63) is 29.8 Å². The van der Waals surface area contributed by atoms with Crippen molar-refractivity contribution in [2.24, 2.45) is 0 Å². The predicted octanol–water partition coefficient (Wildman–Crippen LogP) is 0.578. The second-order valence-corrected chi connectivity index (χ2v) is 4.44. The van der Waals surface area contributed by atoms with E-state index in [2.05, 4.69) is 5.32 Å². The molecule has 1 aromatic rings. The van der Waals surface area contributed by atoms with Crippen molar-refractivity contribution < 1.29 is 24.5 Å². The second-order valence-electron chi connectivity index (χ2n) is 4.44. The Morgan fingerprint density at radius 2 is 2.00 bits per heavy atom. The Morgan fingerprint density at radius 1 is 1.35 bits per heavy atom. The van der Waals surface area contributed by atoms with Crippen LogP contribution in [-0.2, 0) is 16.0 Å². The van der Waals surface area contributed by atoms with E-state index in [1.807, 2.05) is 18.2 Å². The van der Waals surface area contributed by atoms with Gasteiger partial charge >= 0.3 is 5.97 Å². The Kier molecular flexibility index (Phi) is 5.99. The number of para-hydroxylation sites is 1. The van der Waals surface area contributed by atoms with Crippen molar-refractivity contribution >= 4 is 11.9 Å². The molecule has 3 N–H and O–H groups in total. The lowest BCUT2D eigenvalue weighted by molar-refractivity contribution is -0.144. The van der Waals surface area contributed by atoms with E-state index in [9.17, 15) is 14.7 Å². The van der Waals surface area contributed by atoms with E-state index < -0.39 is 24.0 Å². The van der Waals surface area contributed by atoms with Crippen LogP contribution in [0.3, 0.4) is 0 Å². The van der Waals surface area contributed by atoms with Crippen LogP contribution in [0.4, 0.5) is 0 Å². The first-order valence-electron chi connectivity index (χ1n) is 6.27. The SMILES string of the molecule is COc1ccccc1CCC(=O)N[C@H](C(=O)O)[C@@H](C)O. The van der Waals surface area contributed by atoms with Gasteiger partial charge in [0.2, 0.25) is 5.91 Å². The number of hydrogen-bond acceptors (Lipinski definition) is 4. The van der Waals surface area contributed by atoms with Crippen LogP contribution in [0, 0.1) is 0 Å². The number of amides is 1. The van der Waals surface area contributed by atoms with Gasteiger partial charge in [-0.3, -0.25) is 4.79 Å². The number of aliphatic hydroxyl groups excluding tert-OH is 1. The first-order chi connectivity index (χ1) is 9.45. The third-order valence-electron chi connectivity index (χ3n) is 2.88. The van der Waals surface area contributed by atoms with Gasteiger partial charge in [-0.1, -0.05) is 18.2 Å². The molecule has 0 aliphatic rings. The van der Waals surface area contributed by atoms with Crippen LogP contribution in [-0.4, -0.2) is 41.3 Å². The van der Waals surface area contributed by atoms with Crippen LogP contribution in [0.1, 0.15) is 18.9 Å². The van der Waals surface area contributed by atoms with E-state index in [-0.39, 0.29) is 6.42 Å². The van der Waals surface area contributed by atoms with E-state index in [1.54, 1.807) is 13.2 Å². The minimum absolute atomic E-state index is 0.122. The number of carbonyl (C=O) groups excluding carboxylic acids is 1. The van der Waals surface area contributed by atoms with Gasteiger partial charge in [0, 0.05) is 6.42 Å². The van der Waals surface area contributed by atoms with Crippen LogP contribution in [0.25, 0.3) is 0 Å². The lowest BCUT2D eigenvalue weighted by Gasteiger charge is -2.17. The first kappa shape index (κ1) is 16.0. The summed E-state index contributed by atoms with van der Waals surface area (Å²) in [4.78, 5) is 22.6. The quantitative estimate of drug-likeness (QED) is 0.679. The van der Waals surface area contributed by atoms with Crippen LogP contribution in [0.15, 0.2) is 24.3 Å². The third-order valence-corrected chi connectivity index (χ3v) is 2.88. The van der Waals surface area contributed by atoms with Gasteiger partial charge in [0.25, 0.3) is 0 Å². The predicted molar refractivity (Wildman–Crippen MR) is 72.6 cm³/mol. The summed E-state index contributed by atoms with van der Waals surface area (Å²) in [5.74, 6) is -1.000. The summed E-state index contributed by atoms with van der Waals surface area (Å²) in [6.07, 6.45) is -0.596. The molecule has 0 saturated carbocycles. The Hall–Kier alpha value is -2.08. The highest BCUT2D eigenvalue weighted by Crippen LogP contribution is 2.18. The lowest BCUT2D eigenvalue weighted by atomic mass is 10.1. The number of aliphatic carboxylic acids is 1. The average molecular weight is 281 g/mol. The summed E-state index contributed by atoms with van der Waals surface area (Å²) < 4.78 is 5.17. The molecule has 0 unspecified atom stereocenters. The highest BCUT2D eigenvalue weighted by molar-refractivity contribution is 5.84. The van der Waals surface area contributed by atoms with Crippen LogP contribution < -0.4 is 10.1 Å². The summed E-state index contributed by atoms with van der Waals surface area (Å²) in [6, 6.07) is 6.01. The Balaban J connectivity index is 2.57. The Morgan fingerprint density at radius 3 is 2.55 bits per heavy atom. The fraction of sp³-hybridized carbons (Fsp3) is 0.429. The number of carbonyl (C=O) groups is 2. The summed E-state index contributed by atoms with van der Waals surface area (Å²) in [5.41, 5.74) is 0.870. The number of ether oxygens (including phenoxy) is 1. The van der Waals surface area contributed by atoms with Crippen LogP contribution in [0.5, 0.6) is 5.75 Å². The number of hydrogen-bond donors (Lipinski definition) is 3. The van der Waals surface area contributed by atoms with Gasteiger partial charge in [-0.05, 0) is 25.0 Å². The van der Waals surface area contributed by atoms with E-state index >= 15 is 0 Å². The minimum atomic E-state index is -1.29. The van der Waals surface area contributed by atoms with Crippen molar-refractivity contribution in [1.29, 1.82) is 0 Å². The van der Waals surface area contributed by atoms with Gasteiger partial charge in [-0.25, -0.2) is 4.79 Å². The van der Waals surface area contributed by atoms with Crippen molar-refractivity contribution in [3.8, 4) is 5.75 Å². The molecule has 20 heavy (non-hydrogen) atoms. The zero-order valence-electron chi connectivity index (χ0n) is 11.5. The molecule has 0 spiro atoms. The summed E-state index contributed by atoms with van der Waals surface area (Å²) in [6.45, 7) is 1.32. The first-order valence-corrected chi connectivity index (χ1v) is 6.27. The van der Waals surface area contributed by atoms with Gasteiger partial charge < -0.3 is 20.3 Å². The van der Waals surface area contributed by atoms with Crippen molar-refractivity contribution in [1.82, 2.24) is 5.32 Å². The molecule has 6 heteroatoms. The molecule has 0 aliphatic heterocycles. The number of aliphatic hydroxyl groups is 1. The molecule has 0 heterocycles. The average Bonchev–Trinajstić information content (AvgIpc) is 2.42. The van der Waals surface area contributed by atoms with Crippen LogP contribution in [0.2, 0.25) is 0 Å². The maximum atomic E-state index is 11.7. The standard InChI is InChI=1S/C14H19NO5/c1-9(16)13(14(18)19)15-12(17)8-7-10-5-3-4-6-11(10)20-2/h3-6,9,13,16H,7-8H2,1-2H3,(H,15,17)(H,18,19)/t9-,13+/m1/s1. The highest BCUT2D eigenvalue weighted by Gasteiger charge is 2.24. The molecule has 0 aromatic heterocycles. The van der Waals surface area contributed by atoms with Gasteiger partial charge in [0.1, 0.15) is 5.75 Å². The number of rotatable bonds is 7. The summed E-state index contributed by atoms with van der Waals surface area (Å²) in [5, 5.41) is 20.4. The maximum Gasteiger partial charge on any atom is 0.328 e. The fourth-order valence-electron chi connectivity index (χ4n) is 1.79. The molecular formula is C14H19NO5. The summed E-state index contributed by atoms with van der Waals surface area (Å²) in [7, 11) is 1.55. The van der Waals surface area contributed by atoms with E-state index in [0.717, 1.165) is 5.56 Å². The van der Waals surface area contributed by atoms with E-state index in [4.69, 9.17) is 9.84 Å². The molecule has 2 atom stereocenters. The minimum Gasteiger partial charge on any atom is -0.496 e. The molecule has 0 saturated heterocycles. The van der Waals surface area contributed by atoms with Crippen molar-refractivity contribution in [3.63, 3.8) is 0 Å². The number of carboxylic acids is 1. The molecular weight excluding hydrogens is 262 g/mol. The topological polar surface area (TPSA) is 95.9 Å². The molecule has 6 nitrogen and oxygen atoms in total. The Labute approximate surface area is 117 Å². The van der Waals surface area contributed by atoms with Crippen molar-refractivity contribution in [2.45, 2.75) is 31.9 Å². The van der Waals surface area contributed by atoms with Gasteiger partial charge in [0.15, 0.2) is 6.04 Å². The number of nitrogens with one attached hydrogen (secondary N) is 1. The molecule has 1 rings (SSSR count). The molecule has 0 bridgehead atoms. The van der Waals surface area contributed by atoms with Gasteiger partial charge in [0.05, 0.1) is 13.2 Å². The molecule has 0 fully saturated rings. The smallest absolute Gasteiger partial charge is 0.328 e. The third kappa shape index (κ3) is 4.55.